The van der Waals surface area contributed by atoms with Crippen molar-refractivity contribution in [3.63, 3.8) is 0 Å². The number of nitrogens with zero attached hydrogens (tertiary/aromatic N) is 2. The van der Waals surface area contributed by atoms with E-state index in [-0.39, 0.29) is 18.4 Å². The number of amides is 2. The van der Waals surface area contributed by atoms with Crippen LogP contribution in [0.1, 0.15) is 25.7 Å². The summed E-state index contributed by atoms with van der Waals surface area (Å²) in [6.45, 7) is 0.229. The fourth-order valence-corrected chi connectivity index (χ4v) is 3.15. The van der Waals surface area contributed by atoms with Gasteiger partial charge in [0.25, 0.3) is 11.8 Å². The van der Waals surface area contributed by atoms with Crippen LogP contribution in [0.5, 0.6) is 0 Å². The van der Waals surface area contributed by atoms with Crippen molar-refractivity contribution in [1.82, 2.24) is 15.2 Å². The van der Waals surface area contributed by atoms with Crippen LogP contribution in [-0.2, 0) is 0 Å². The van der Waals surface area contributed by atoms with Crippen molar-refractivity contribution >= 4 is 33.4 Å². The molecule has 0 aliphatic rings. The summed E-state index contributed by atoms with van der Waals surface area (Å²) in [7, 11) is 3.42. The van der Waals surface area contributed by atoms with Gasteiger partial charge in [-0.25, -0.2) is 4.98 Å². The minimum absolute atomic E-state index is 0.0485. The molecule has 0 unspecified atom stereocenters. The molecular formula is C20H17N3O2S. The lowest BCUT2D eigenvalue weighted by Crippen LogP contribution is -2.23. The highest BCUT2D eigenvalue weighted by Gasteiger charge is 2.10. The second kappa shape index (κ2) is 7.81. The standard InChI is InChI=1S/C20H17N3O2S/c1-23(2)20(25)15-11-9-14(10-12-15)6-5-13-21-18(24)19-22-16-7-3-4-8-17(16)26-19/h3-4,7-12H,13H2,1-2H3,(H,21,24). The number of benzene rings is 2. The highest BCUT2D eigenvalue weighted by molar-refractivity contribution is 7.20. The molecule has 2 amide bonds. The Hall–Kier alpha value is -3.17. The number of aromatic nitrogens is 1. The average molecular weight is 363 g/mol. The summed E-state index contributed by atoms with van der Waals surface area (Å²) in [6, 6.07) is 14.7. The van der Waals surface area contributed by atoms with Crippen LogP contribution < -0.4 is 5.32 Å². The Morgan fingerprint density at radius 2 is 1.85 bits per heavy atom. The van der Waals surface area contributed by atoms with Gasteiger partial charge in [-0.2, -0.15) is 0 Å². The summed E-state index contributed by atoms with van der Waals surface area (Å²) < 4.78 is 0.982. The molecule has 0 saturated carbocycles. The van der Waals surface area contributed by atoms with Crippen LogP contribution in [-0.4, -0.2) is 42.3 Å². The highest BCUT2D eigenvalue weighted by Crippen LogP contribution is 2.21. The molecule has 5 nitrogen and oxygen atoms in total. The van der Waals surface area contributed by atoms with Crippen LogP contribution in [0.25, 0.3) is 10.2 Å². The van der Waals surface area contributed by atoms with Gasteiger partial charge in [0.15, 0.2) is 5.01 Å². The maximum absolute atomic E-state index is 12.1. The zero-order valence-electron chi connectivity index (χ0n) is 14.4. The van der Waals surface area contributed by atoms with Gasteiger partial charge in [0.05, 0.1) is 16.8 Å². The van der Waals surface area contributed by atoms with Crippen LogP contribution in [0.15, 0.2) is 48.5 Å². The van der Waals surface area contributed by atoms with E-state index in [2.05, 4.69) is 22.1 Å². The Morgan fingerprint density at radius 3 is 2.54 bits per heavy atom. The maximum atomic E-state index is 12.1. The number of para-hydroxylation sites is 1. The highest BCUT2D eigenvalue weighted by atomic mass is 32.1. The monoisotopic (exact) mass is 363 g/mol. The van der Waals surface area contributed by atoms with E-state index in [1.54, 1.807) is 38.4 Å². The third-order valence-corrected chi connectivity index (χ3v) is 4.63. The van der Waals surface area contributed by atoms with Gasteiger partial charge in [0.2, 0.25) is 0 Å². The van der Waals surface area contributed by atoms with E-state index in [1.807, 2.05) is 24.3 Å². The summed E-state index contributed by atoms with van der Waals surface area (Å²) in [6.07, 6.45) is 0. The molecule has 0 saturated heterocycles. The van der Waals surface area contributed by atoms with Crippen molar-refractivity contribution in [3.05, 3.63) is 64.7 Å². The second-order valence-corrected chi connectivity index (χ2v) is 6.78. The van der Waals surface area contributed by atoms with E-state index >= 15 is 0 Å². The lowest BCUT2D eigenvalue weighted by molar-refractivity contribution is 0.0827. The molecule has 0 spiro atoms. The fourth-order valence-electron chi connectivity index (χ4n) is 2.27. The van der Waals surface area contributed by atoms with E-state index in [1.165, 1.54) is 16.2 Å². The van der Waals surface area contributed by atoms with E-state index in [4.69, 9.17) is 0 Å². The molecule has 3 aromatic rings. The second-order valence-electron chi connectivity index (χ2n) is 5.75. The van der Waals surface area contributed by atoms with Crippen molar-refractivity contribution in [2.24, 2.45) is 0 Å². The first-order valence-electron chi connectivity index (χ1n) is 7.99. The molecule has 0 fully saturated rings. The largest absolute Gasteiger partial charge is 0.345 e. The van der Waals surface area contributed by atoms with E-state index in [9.17, 15) is 9.59 Å². The van der Waals surface area contributed by atoms with Crippen LogP contribution in [0.3, 0.4) is 0 Å². The van der Waals surface area contributed by atoms with Gasteiger partial charge in [-0.05, 0) is 36.4 Å². The molecule has 1 N–H and O–H groups in total. The number of fused-ring (bicyclic) bond motifs is 1. The Morgan fingerprint density at radius 1 is 1.12 bits per heavy atom. The molecule has 0 aliphatic heterocycles. The van der Waals surface area contributed by atoms with Crippen molar-refractivity contribution in [3.8, 4) is 11.8 Å². The molecule has 130 valence electrons. The molecule has 6 heteroatoms. The Labute approximate surface area is 155 Å². The molecule has 26 heavy (non-hydrogen) atoms. The quantitative estimate of drug-likeness (QED) is 0.728. The van der Waals surface area contributed by atoms with Crippen molar-refractivity contribution in [2.75, 3.05) is 20.6 Å². The van der Waals surface area contributed by atoms with Gasteiger partial charge in [0, 0.05) is 25.2 Å². The summed E-state index contributed by atoms with van der Waals surface area (Å²) in [4.78, 5) is 29.8. The third-order valence-electron chi connectivity index (χ3n) is 3.60. The van der Waals surface area contributed by atoms with Crippen LogP contribution in [0.4, 0.5) is 0 Å². The van der Waals surface area contributed by atoms with Gasteiger partial charge < -0.3 is 10.2 Å². The Kier molecular flexibility index (Phi) is 5.30. The molecule has 1 heterocycles. The number of hydrogen-bond donors (Lipinski definition) is 1. The molecule has 3 rings (SSSR count). The number of thiazole rings is 1. The lowest BCUT2D eigenvalue weighted by atomic mass is 10.1. The molecule has 1 aromatic heterocycles. The number of rotatable bonds is 3. The number of carbonyl (C=O) groups excluding carboxylic acids is 2. The Bertz CT molecular complexity index is 978. The predicted molar refractivity (Wildman–Crippen MR) is 103 cm³/mol. The number of hydrogen-bond acceptors (Lipinski definition) is 4. The topological polar surface area (TPSA) is 62.3 Å². The molecule has 2 aromatic carbocycles. The van der Waals surface area contributed by atoms with Crippen molar-refractivity contribution < 1.29 is 9.59 Å². The molecular weight excluding hydrogens is 346 g/mol. The van der Waals surface area contributed by atoms with Gasteiger partial charge in [-0.3, -0.25) is 9.59 Å². The average Bonchev–Trinajstić information content (AvgIpc) is 3.09. The van der Waals surface area contributed by atoms with Crippen molar-refractivity contribution in [2.45, 2.75) is 0 Å². The minimum Gasteiger partial charge on any atom is -0.345 e. The maximum Gasteiger partial charge on any atom is 0.281 e. The number of nitrogens with one attached hydrogen (secondary N) is 1. The van der Waals surface area contributed by atoms with Crippen LogP contribution in [0.2, 0.25) is 0 Å². The number of carbonyl (C=O) groups is 2. The van der Waals surface area contributed by atoms with Crippen molar-refractivity contribution in [1.29, 1.82) is 0 Å². The van der Waals surface area contributed by atoms with E-state index in [0.29, 0.717) is 10.6 Å². The smallest absolute Gasteiger partial charge is 0.281 e. The summed E-state index contributed by atoms with van der Waals surface area (Å²) >= 11 is 1.36. The van der Waals surface area contributed by atoms with E-state index in [0.717, 1.165) is 15.8 Å². The predicted octanol–water partition coefficient (Wildman–Crippen LogP) is 2.78. The van der Waals surface area contributed by atoms with Gasteiger partial charge >= 0.3 is 0 Å². The SMILES string of the molecule is CN(C)C(=O)c1ccc(C#CCNC(=O)c2nc3ccccc3s2)cc1. The first-order valence-corrected chi connectivity index (χ1v) is 8.80. The minimum atomic E-state index is -0.229. The molecule has 0 radical (unpaired) electrons. The summed E-state index contributed by atoms with van der Waals surface area (Å²) in [5.41, 5.74) is 2.22. The van der Waals surface area contributed by atoms with Crippen LogP contribution >= 0.6 is 11.3 Å². The third kappa shape index (κ3) is 4.08. The summed E-state index contributed by atoms with van der Waals surface area (Å²) in [5.74, 6) is 5.60. The van der Waals surface area contributed by atoms with Gasteiger partial charge in [-0.15, -0.1) is 11.3 Å². The van der Waals surface area contributed by atoms with E-state index < -0.39 is 0 Å². The fraction of sp³-hybridized carbons (Fsp3) is 0.150. The normalized spacial score (nSPS) is 10.1. The van der Waals surface area contributed by atoms with Gasteiger partial charge in [-0.1, -0.05) is 24.0 Å². The zero-order chi connectivity index (χ0) is 18.5. The first kappa shape index (κ1) is 17.6. The van der Waals surface area contributed by atoms with Gasteiger partial charge in [0.1, 0.15) is 0 Å². The molecule has 0 aliphatic carbocycles. The van der Waals surface area contributed by atoms with Crippen LogP contribution in [0, 0.1) is 11.8 Å². The summed E-state index contributed by atoms with van der Waals surface area (Å²) in [5, 5.41) is 3.18. The molecule has 0 atom stereocenters. The first-order chi connectivity index (χ1) is 12.5. The zero-order valence-corrected chi connectivity index (χ0v) is 15.3. The Balaban J connectivity index is 1.58. The lowest BCUT2D eigenvalue weighted by Gasteiger charge is -2.09. The molecule has 0 bridgehead atoms.